The number of likely N-dealkylation sites (tertiary alicyclic amines) is 1. The van der Waals surface area contributed by atoms with Crippen LogP contribution in [0.15, 0.2) is 24.3 Å². The lowest BCUT2D eigenvalue weighted by atomic mass is 9.94. The maximum absolute atomic E-state index is 13.0. The smallest absolute Gasteiger partial charge is 0.236 e. The molecule has 3 aliphatic rings. The number of hydrogen-bond acceptors (Lipinski definition) is 4. The lowest BCUT2D eigenvalue weighted by Gasteiger charge is -2.42. The molecule has 3 heterocycles. The molecule has 0 bridgehead atoms. The van der Waals surface area contributed by atoms with Crippen LogP contribution in [0.4, 0.5) is 0 Å². The molecule has 2 amide bonds. The monoisotopic (exact) mass is 343 g/mol. The molecule has 134 valence electrons. The van der Waals surface area contributed by atoms with Crippen molar-refractivity contribution < 1.29 is 14.3 Å². The molecule has 2 saturated heterocycles. The number of nitrogens with one attached hydrogen (secondary N) is 1. The highest BCUT2D eigenvalue weighted by Gasteiger charge is 2.35. The van der Waals surface area contributed by atoms with E-state index in [1.165, 1.54) is 0 Å². The van der Waals surface area contributed by atoms with Crippen LogP contribution in [0.5, 0.6) is 5.75 Å². The minimum absolute atomic E-state index is 0.118. The maximum atomic E-state index is 13.0. The Bertz CT molecular complexity index is 663. The van der Waals surface area contributed by atoms with Gasteiger partial charge in [0.05, 0.1) is 12.5 Å². The maximum Gasteiger partial charge on any atom is 0.236 e. The van der Waals surface area contributed by atoms with Crippen molar-refractivity contribution in [3.05, 3.63) is 29.8 Å². The summed E-state index contributed by atoms with van der Waals surface area (Å²) >= 11 is 0. The number of carbonyl (C=O) groups excluding carboxylic acids is 2. The molecule has 2 fully saturated rings. The molecular weight excluding hydrogens is 318 g/mol. The summed E-state index contributed by atoms with van der Waals surface area (Å²) in [6.07, 6.45) is 2.68. The molecule has 0 radical (unpaired) electrons. The summed E-state index contributed by atoms with van der Waals surface area (Å²) in [6.45, 7) is 3.88. The van der Waals surface area contributed by atoms with Crippen LogP contribution >= 0.6 is 0 Å². The number of para-hydroxylation sites is 1. The third-order valence-corrected chi connectivity index (χ3v) is 5.50. The molecule has 1 aromatic carbocycles. The largest absolute Gasteiger partial charge is 0.492 e. The SMILES string of the molecule is O=C(C1COc2ccccc2C1)N1CCCC(N2CCNCC2=O)C1. The molecule has 6 nitrogen and oxygen atoms in total. The summed E-state index contributed by atoms with van der Waals surface area (Å²) in [5.74, 6) is 1.10. The Hall–Kier alpha value is -2.08. The highest BCUT2D eigenvalue weighted by molar-refractivity contribution is 5.81. The van der Waals surface area contributed by atoms with Gasteiger partial charge in [0.15, 0.2) is 0 Å². The Kier molecular flexibility index (Phi) is 4.61. The minimum Gasteiger partial charge on any atom is -0.492 e. The summed E-state index contributed by atoms with van der Waals surface area (Å²) < 4.78 is 5.79. The van der Waals surface area contributed by atoms with Crippen molar-refractivity contribution in [1.29, 1.82) is 0 Å². The highest BCUT2D eigenvalue weighted by Crippen LogP contribution is 2.28. The summed E-state index contributed by atoms with van der Waals surface area (Å²) in [5.41, 5.74) is 1.11. The summed E-state index contributed by atoms with van der Waals surface area (Å²) in [5, 5.41) is 3.11. The third-order valence-electron chi connectivity index (χ3n) is 5.50. The normalized spacial score (nSPS) is 26.8. The number of hydrogen-bond donors (Lipinski definition) is 1. The van der Waals surface area contributed by atoms with Gasteiger partial charge in [0, 0.05) is 32.2 Å². The molecule has 2 atom stereocenters. The molecule has 0 spiro atoms. The second-order valence-electron chi connectivity index (χ2n) is 7.16. The number of piperazine rings is 1. The average Bonchev–Trinajstić information content (AvgIpc) is 2.67. The predicted octanol–water partition coefficient (Wildman–Crippen LogP) is 0.660. The van der Waals surface area contributed by atoms with Crippen molar-refractivity contribution in [2.75, 3.05) is 39.3 Å². The van der Waals surface area contributed by atoms with E-state index in [0.29, 0.717) is 19.7 Å². The summed E-state index contributed by atoms with van der Waals surface area (Å²) in [4.78, 5) is 29.1. The fraction of sp³-hybridized carbons (Fsp3) is 0.579. The Labute approximate surface area is 148 Å². The number of carbonyl (C=O) groups is 2. The number of rotatable bonds is 2. The average molecular weight is 343 g/mol. The lowest BCUT2D eigenvalue weighted by Crippen LogP contribution is -2.58. The zero-order chi connectivity index (χ0) is 17.2. The molecule has 3 aliphatic heterocycles. The van der Waals surface area contributed by atoms with Crippen molar-refractivity contribution in [3.63, 3.8) is 0 Å². The number of piperidine rings is 1. The number of nitrogens with zero attached hydrogens (tertiary/aromatic N) is 2. The van der Waals surface area contributed by atoms with Gasteiger partial charge in [-0.1, -0.05) is 18.2 Å². The van der Waals surface area contributed by atoms with Crippen LogP contribution in [0.2, 0.25) is 0 Å². The van der Waals surface area contributed by atoms with Crippen LogP contribution in [0, 0.1) is 5.92 Å². The Morgan fingerprint density at radius 3 is 3.00 bits per heavy atom. The van der Waals surface area contributed by atoms with Crippen LogP contribution in [-0.2, 0) is 16.0 Å². The fourth-order valence-corrected chi connectivity index (χ4v) is 4.16. The van der Waals surface area contributed by atoms with Gasteiger partial charge in [-0.15, -0.1) is 0 Å². The predicted molar refractivity (Wildman–Crippen MR) is 93.3 cm³/mol. The van der Waals surface area contributed by atoms with E-state index in [4.69, 9.17) is 4.74 Å². The van der Waals surface area contributed by atoms with Crippen LogP contribution in [0.3, 0.4) is 0 Å². The molecule has 1 aromatic rings. The van der Waals surface area contributed by atoms with Crippen molar-refractivity contribution in [1.82, 2.24) is 15.1 Å². The fourth-order valence-electron chi connectivity index (χ4n) is 4.16. The Morgan fingerprint density at radius 2 is 2.12 bits per heavy atom. The first-order chi connectivity index (χ1) is 12.2. The van der Waals surface area contributed by atoms with Gasteiger partial charge in [0.1, 0.15) is 12.4 Å². The van der Waals surface area contributed by atoms with Gasteiger partial charge < -0.3 is 19.9 Å². The van der Waals surface area contributed by atoms with Crippen molar-refractivity contribution in [2.24, 2.45) is 5.92 Å². The van der Waals surface area contributed by atoms with Gasteiger partial charge in [-0.3, -0.25) is 9.59 Å². The standard InChI is InChI=1S/C19H25N3O3/c23-18-11-20-7-9-22(18)16-5-3-8-21(12-16)19(24)15-10-14-4-1-2-6-17(14)25-13-15/h1-2,4,6,15-16,20H,3,5,7-13H2. The molecule has 0 aromatic heterocycles. The third kappa shape index (κ3) is 3.35. The second kappa shape index (κ2) is 7.04. The molecule has 6 heteroatoms. The molecule has 4 rings (SSSR count). The van der Waals surface area contributed by atoms with Gasteiger partial charge >= 0.3 is 0 Å². The molecule has 1 N–H and O–H groups in total. The van der Waals surface area contributed by atoms with Gasteiger partial charge in [0.2, 0.25) is 11.8 Å². The van der Waals surface area contributed by atoms with Gasteiger partial charge in [-0.2, -0.15) is 0 Å². The van der Waals surface area contributed by atoms with E-state index in [2.05, 4.69) is 5.32 Å². The quantitative estimate of drug-likeness (QED) is 0.857. The topological polar surface area (TPSA) is 61.9 Å². The van der Waals surface area contributed by atoms with Gasteiger partial charge in [0.25, 0.3) is 0 Å². The van der Waals surface area contributed by atoms with Crippen molar-refractivity contribution >= 4 is 11.8 Å². The first-order valence-corrected chi connectivity index (χ1v) is 9.22. The first-order valence-electron chi connectivity index (χ1n) is 9.22. The lowest BCUT2D eigenvalue weighted by molar-refractivity contribution is -0.143. The van der Waals surface area contributed by atoms with Gasteiger partial charge in [-0.05, 0) is 30.9 Å². The van der Waals surface area contributed by atoms with Crippen molar-refractivity contribution in [3.8, 4) is 5.75 Å². The summed E-state index contributed by atoms with van der Waals surface area (Å²) in [6, 6.07) is 8.10. The van der Waals surface area contributed by atoms with E-state index in [1.54, 1.807) is 0 Å². The van der Waals surface area contributed by atoms with Gasteiger partial charge in [-0.25, -0.2) is 0 Å². The Balaban J connectivity index is 1.41. The van der Waals surface area contributed by atoms with Crippen LogP contribution in [0.1, 0.15) is 18.4 Å². The van der Waals surface area contributed by atoms with Crippen molar-refractivity contribution in [2.45, 2.75) is 25.3 Å². The van der Waals surface area contributed by atoms with E-state index in [9.17, 15) is 9.59 Å². The number of benzene rings is 1. The zero-order valence-electron chi connectivity index (χ0n) is 14.4. The number of fused-ring (bicyclic) bond motifs is 1. The van der Waals surface area contributed by atoms with Crippen LogP contribution < -0.4 is 10.1 Å². The van der Waals surface area contributed by atoms with Crippen LogP contribution in [0.25, 0.3) is 0 Å². The second-order valence-corrected chi connectivity index (χ2v) is 7.16. The zero-order valence-corrected chi connectivity index (χ0v) is 14.4. The molecule has 2 unspecified atom stereocenters. The number of amides is 2. The summed E-state index contributed by atoms with van der Waals surface area (Å²) in [7, 11) is 0. The van der Waals surface area contributed by atoms with E-state index < -0.39 is 0 Å². The van der Waals surface area contributed by atoms with E-state index in [1.807, 2.05) is 34.1 Å². The molecule has 0 saturated carbocycles. The van der Waals surface area contributed by atoms with E-state index in [0.717, 1.165) is 50.2 Å². The van der Waals surface area contributed by atoms with E-state index in [-0.39, 0.29) is 23.8 Å². The Morgan fingerprint density at radius 1 is 1.24 bits per heavy atom. The number of ether oxygens (including phenoxy) is 1. The first kappa shape index (κ1) is 16.4. The molecular formula is C19H25N3O3. The van der Waals surface area contributed by atoms with E-state index >= 15 is 0 Å². The molecule has 25 heavy (non-hydrogen) atoms. The highest BCUT2D eigenvalue weighted by atomic mass is 16.5. The van der Waals surface area contributed by atoms with Crippen LogP contribution in [-0.4, -0.2) is 67.0 Å². The minimum atomic E-state index is -0.118. The molecule has 0 aliphatic carbocycles.